The number of halogens is 1. The van der Waals surface area contributed by atoms with E-state index in [4.69, 9.17) is 14.9 Å². The summed E-state index contributed by atoms with van der Waals surface area (Å²) < 4.78 is 11.7. The molecule has 0 amide bonds. The molecule has 0 fully saturated rings. The van der Waals surface area contributed by atoms with Crippen LogP contribution in [0.1, 0.15) is 17.2 Å². The predicted octanol–water partition coefficient (Wildman–Crippen LogP) is 4.45. The fraction of sp³-hybridized carbons (Fsp3) is 0.176. The van der Waals surface area contributed by atoms with E-state index in [0.717, 1.165) is 38.7 Å². The molecule has 1 heterocycles. The molecule has 108 valence electrons. The van der Waals surface area contributed by atoms with Gasteiger partial charge in [0.2, 0.25) is 0 Å². The maximum atomic E-state index is 6.35. The third kappa shape index (κ3) is 2.82. The van der Waals surface area contributed by atoms with Crippen molar-refractivity contribution in [2.24, 2.45) is 5.73 Å². The Bertz CT molecular complexity index is 766. The molecule has 0 aliphatic carbocycles. The topological polar surface area (TPSA) is 48.4 Å². The molecular formula is C17H16BrNO2. The van der Waals surface area contributed by atoms with Crippen molar-refractivity contribution in [3.8, 4) is 5.75 Å². The highest BCUT2D eigenvalue weighted by Crippen LogP contribution is 2.30. The number of rotatable bonds is 4. The van der Waals surface area contributed by atoms with Crippen molar-refractivity contribution in [3.05, 3.63) is 64.3 Å². The van der Waals surface area contributed by atoms with Crippen LogP contribution in [0.3, 0.4) is 0 Å². The number of methoxy groups -OCH3 is 1. The van der Waals surface area contributed by atoms with Crippen LogP contribution in [-0.4, -0.2) is 7.11 Å². The lowest BCUT2D eigenvalue weighted by Gasteiger charge is -2.12. The zero-order chi connectivity index (χ0) is 14.8. The minimum atomic E-state index is -0.103. The van der Waals surface area contributed by atoms with E-state index in [2.05, 4.69) is 15.9 Å². The highest BCUT2D eigenvalue weighted by Gasteiger charge is 2.14. The normalized spacial score (nSPS) is 12.5. The summed E-state index contributed by atoms with van der Waals surface area (Å²) in [5, 5.41) is 1.08. The molecular weight excluding hydrogens is 330 g/mol. The van der Waals surface area contributed by atoms with Crippen LogP contribution in [0.15, 0.2) is 57.6 Å². The Morgan fingerprint density at radius 2 is 2.05 bits per heavy atom. The van der Waals surface area contributed by atoms with E-state index in [-0.39, 0.29) is 6.04 Å². The molecule has 1 unspecified atom stereocenters. The van der Waals surface area contributed by atoms with Crippen LogP contribution in [0.5, 0.6) is 5.75 Å². The van der Waals surface area contributed by atoms with Crippen LogP contribution in [-0.2, 0) is 6.42 Å². The first-order valence-corrected chi connectivity index (χ1v) is 7.52. The standard InChI is InChI=1S/C17H16BrNO2/c1-20-17-7-6-11(8-14(17)18)9-15(19)13-10-21-16-5-3-2-4-12(13)16/h2-8,10,15H,9,19H2,1H3. The van der Waals surface area contributed by atoms with Gasteiger partial charge in [0.25, 0.3) is 0 Å². The minimum Gasteiger partial charge on any atom is -0.496 e. The largest absolute Gasteiger partial charge is 0.496 e. The molecule has 2 N–H and O–H groups in total. The highest BCUT2D eigenvalue weighted by molar-refractivity contribution is 9.10. The summed E-state index contributed by atoms with van der Waals surface area (Å²) in [7, 11) is 1.66. The Labute approximate surface area is 131 Å². The molecule has 0 radical (unpaired) electrons. The van der Waals surface area contributed by atoms with E-state index in [0.29, 0.717) is 0 Å². The molecule has 0 aliphatic rings. The Balaban J connectivity index is 1.86. The molecule has 3 rings (SSSR count). The van der Waals surface area contributed by atoms with Crippen LogP contribution in [0.4, 0.5) is 0 Å². The second kappa shape index (κ2) is 5.92. The van der Waals surface area contributed by atoms with Crippen molar-refractivity contribution >= 4 is 26.9 Å². The zero-order valence-corrected chi connectivity index (χ0v) is 13.3. The molecule has 0 bridgehead atoms. The number of fused-ring (bicyclic) bond motifs is 1. The van der Waals surface area contributed by atoms with Crippen molar-refractivity contribution < 1.29 is 9.15 Å². The van der Waals surface area contributed by atoms with E-state index in [1.165, 1.54) is 0 Å². The summed E-state index contributed by atoms with van der Waals surface area (Å²) in [5.41, 5.74) is 9.42. The summed E-state index contributed by atoms with van der Waals surface area (Å²) >= 11 is 3.50. The smallest absolute Gasteiger partial charge is 0.134 e. The van der Waals surface area contributed by atoms with Crippen molar-refractivity contribution in [2.45, 2.75) is 12.5 Å². The molecule has 0 saturated heterocycles. The molecule has 1 atom stereocenters. The fourth-order valence-corrected chi connectivity index (χ4v) is 3.07. The summed E-state index contributed by atoms with van der Waals surface area (Å²) in [6.45, 7) is 0. The second-order valence-corrected chi connectivity index (χ2v) is 5.82. The summed E-state index contributed by atoms with van der Waals surface area (Å²) in [6, 6.07) is 13.9. The monoisotopic (exact) mass is 345 g/mol. The number of benzene rings is 2. The maximum absolute atomic E-state index is 6.35. The van der Waals surface area contributed by atoms with Crippen LogP contribution < -0.4 is 10.5 Å². The minimum absolute atomic E-state index is 0.103. The molecule has 3 aromatic rings. The first-order valence-electron chi connectivity index (χ1n) is 6.73. The van der Waals surface area contributed by atoms with Gasteiger partial charge in [0.15, 0.2) is 0 Å². The van der Waals surface area contributed by atoms with E-state index in [1.54, 1.807) is 13.4 Å². The van der Waals surface area contributed by atoms with Gasteiger partial charge in [-0.05, 0) is 46.1 Å². The molecule has 1 aromatic heterocycles. The number of hydrogen-bond donors (Lipinski definition) is 1. The van der Waals surface area contributed by atoms with Gasteiger partial charge >= 0.3 is 0 Å². The van der Waals surface area contributed by atoms with E-state index in [9.17, 15) is 0 Å². The Hall–Kier alpha value is -1.78. The van der Waals surface area contributed by atoms with Gasteiger partial charge in [-0.3, -0.25) is 0 Å². The third-order valence-corrected chi connectivity index (χ3v) is 4.20. The zero-order valence-electron chi connectivity index (χ0n) is 11.7. The molecule has 3 nitrogen and oxygen atoms in total. The van der Waals surface area contributed by atoms with Gasteiger partial charge in [0.1, 0.15) is 11.3 Å². The Morgan fingerprint density at radius 3 is 2.81 bits per heavy atom. The van der Waals surface area contributed by atoms with E-state index >= 15 is 0 Å². The van der Waals surface area contributed by atoms with Gasteiger partial charge in [-0.15, -0.1) is 0 Å². The molecule has 0 saturated carbocycles. The lowest BCUT2D eigenvalue weighted by Crippen LogP contribution is -2.12. The number of ether oxygens (including phenoxy) is 1. The Morgan fingerprint density at radius 1 is 1.24 bits per heavy atom. The van der Waals surface area contributed by atoms with Crippen LogP contribution in [0.2, 0.25) is 0 Å². The number of hydrogen-bond acceptors (Lipinski definition) is 3. The maximum Gasteiger partial charge on any atom is 0.134 e. The van der Waals surface area contributed by atoms with Crippen LogP contribution in [0.25, 0.3) is 11.0 Å². The quantitative estimate of drug-likeness (QED) is 0.759. The van der Waals surface area contributed by atoms with Gasteiger partial charge in [-0.25, -0.2) is 0 Å². The van der Waals surface area contributed by atoms with Gasteiger partial charge < -0.3 is 14.9 Å². The van der Waals surface area contributed by atoms with Gasteiger partial charge in [-0.1, -0.05) is 24.3 Å². The lowest BCUT2D eigenvalue weighted by molar-refractivity contribution is 0.412. The number of nitrogens with two attached hydrogens (primary N) is 1. The van der Waals surface area contributed by atoms with Crippen molar-refractivity contribution in [2.75, 3.05) is 7.11 Å². The molecule has 21 heavy (non-hydrogen) atoms. The van der Waals surface area contributed by atoms with Gasteiger partial charge in [-0.2, -0.15) is 0 Å². The molecule has 2 aromatic carbocycles. The number of para-hydroxylation sites is 1. The fourth-order valence-electron chi connectivity index (χ4n) is 2.49. The van der Waals surface area contributed by atoms with Crippen LogP contribution in [0, 0.1) is 0 Å². The average Bonchev–Trinajstić information content (AvgIpc) is 2.91. The van der Waals surface area contributed by atoms with Crippen molar-refractivity contribution in [1.29, 1.82) is 0 Å². The third-order valence-electron chi connectivity index (χ3n) is 3.58. The second-order valence-electron chi connectivity index (χ2n) is 4.97. The number of furan rings is 1. The molecule has 0 aliphatic heterocycles. The van der Waals surface area contributed by atoms with Gasteiger partial charge in [0, 0.05) is 17.0 Å². The molecule has 4 heteroatoms. The van der Waals surface area contributed by atoms with Crippen molar-refractivity contribution in [1.82, 2.24) is 0 Å². The van der Waals surface area contributed by atoms with E-state index in [1.807, 2.05) is 42.5 Å². The average molecular weight is 346 g/mol. The summed E-state index contributed by atoms with van der Waals surface area (Å²) in [4.78, 5) is 0. The highest BCUT2D eigenvalue weighted by atomic mass is 79.9. The van der Waals surface area contributed by atoms with E-state index < -0.39 is 0 Å². The first-order chi connectivity index (χ1) is 10.2. The first kappa shape index (κ1) is 14.2. The Kier molecular flexibility index (Phi) is 3.99. The predicted molar refractivity (Wildman–Crippen MR) is 87.5 cm³/mol. The molecule has 0 spiro atoms. The summed E-state index contributed by atoms with van der Waals surface area (Å²) in [6.07, 6.45) is 2.50. The lowest BCUT2D eigenvalue weighted by atomic mass is 9.99. The SMILES string of the molecule is COc1ccc(CC(N)c2coc3ccccc23)cc1Br. The summed E-state index contributed by atoms with van der Waals surface area (Å²) in [5.74, 6) is 0.820. The van der Waals surface area contributed by atoms with Gasteiger partial charge in [0.05, 0.1) is 17.8 Å². The van der Waals surface area contributed by atoms with Crippen LogP contribution >= 0.6 is 15.9 Å². The van der Waals surface area contributed by atoms with Crippen molar-refractivity contribution in [3.63, 3.8) is 0 Å².